The third kappa shape index (κ3) is 3.39. The van der Waals surface area contributed by atoms with E-state index in [-0.39, 0.29) is 5.82 Å². The molecule has 0 aliphatic carbocycles. The van der Waals surface area contributed by atoms with Crippen molar-refractivity contribution in [2.45, 2.75) is 0 Å². The molecule has 0 aliphatic heterocycles. The summed E-state index contributed by atoms with van der Waals surface area (Å²) in [5, 5.41) is 0. The van der Waals surface area contributed by atoms with Crippen molar-refractivity contribution in [1.82, 2.24) is 0 Å². The number of hydrogen-bond donors (Lipinski definition) is 0. The van der Waals surface area contributed by atoms with Crippen molar-refractivity contribution in [3.63, 3.8) is 0 Å². The van der Waals surface area contributed by atoms with Gasteiger partial charge >= 0.3 is 0 Å². The van der Waals surface area contributed by atoms with Crippen molar-refractivity contribution in [2.24, 2.45) is 4.99 Å². The van der Waals surface area contributed by atoms with Crippen LogP contribution in [-0.2, 0) is 0 Å². The molecule has 1 aromatic heterocycles. The lowest BCUT2D eigenvalue weighted by Gasteiger charge is -1.97. The highest BCUT2D eigenvalue weighted by Crippen LogP contribution is 2.23. The summed E-state index contributed by atoms with van der Waals surface area (Å²) < 4.78 is 19.9. The van der Waals surface area contributed by atoms with Gasteiger partial charge in [-0.2, -0.15) is 0 Å². The SMILES string of the molecule is Fc1cccc(-c2ccc(C=Nc3ccccc3I)o2)c1. The molecular weight excluding hydrogens is 380 g/mol. The largest absolute Gasteiger partial charge is 0.455 e. The molecule has 3 aromatic rings. The topological polar surface area (TPSA) is 25.5 Å². The van der Waals surface area contributed by atoms with Crippen molar-refractivity contribution in [3.8, 4) is 11.3 Å². The minimum absolute atomic E-state index is 0.280. The Labute approximate surface area is 135 Å². The first-order valence-electron chi connectivity index (χ1n) is 6.37. The zero-order valence-corrected chi connectivity index (χ0v) is 13.1. The molecule has 0 aliphatic rings. The Morgan fingerprint density at radius 2 is 1.86 bits per heavy atom. The number of aliphatic imine (C=N–C) groups is 1. The van der Waals surface area contributed by atoms with E-state index < -0.39 is 0 Å². The lowest BCUT2D eigenvalue weighted by atomic mass is 10.2. The first-order chi connectivity index (χ1) is 10.2. The van der Waals surface area contributed by atoms with Crippen LogP contribution in [-0.4, -0.2) is 6.21 Å². The van der Waals surface area contributed by atoms with E-state index in [0.717, 1.165) is 9.26 Å². The lowest BCUT2D eigenvalue weighted by Crippen LogP contribution is -1.78. The standard InChI is InChI=1S/C17H11FINO/c18-13-5-3-4-12(10-13)17-9-8-14(21-17)11-20-16-7-2-1-6-15(16)19/h1-11H. The van der Waals surface area contributed by atoms with Crippen molar-refractivity contribution in [1.29, 1.82) is 0 Å². The predicted molar refractivity (Wildman–Crippen MR) is 90.5 cm³/mol. The molecule has 0 N–H and O–H groups in total. The van der Waals surface area contributed by atoms with Crippen LogP contribution in [0.1, 0.15) is 5.76 Å². The summed E-state index contributed by atoms with van der Waals surface area (Å²) in [7, 11) is 0. The van der Waals surface area contributed by atoms with E-state index in [4.69, 9.17) is 4.42 Å². The van der Waals surface area contributed by atoms with Crippen LogP contribution in [0.15, 0.2) is 70.1 Å². The van der Waals surface area contributed by atoms with Crippen LogP contribution >= 0.6 is 22.6 Å². The van der Waals surface area contributed by atoms with Crippen LogP contribution in [0.4, 0.5) is 10.1 Å². The van der Waals surface area contributed by atoms with E-state index in [1.807, 2.05) is 42.5 Å². The molecule has 0 atom stereocenters. The second-order valence-corrected chi connectivity index (χ2v) is 5.58. The highest BCUT2D eigenvalue weighted by Gasteiger charge is 2.04. The Hall–Kier alpha value is -1.95. The number of hydrogen-bond acceptors (Lipinski definition) is 2. The van der Waals surface area contributed by atoms with Crippen LogP contribution in [0.2, 0.25) is 0 Å². The monoisotopic (exact) mass is 391 g/mol. The summed E-state index contributed by atoms with van der Waals surface area (Å²) in [6.07, 6.45) is 1.67. The second kappa shape index (κ2) is 6.22. The van der Waals surface area contributed by atoms with Crippen molar-refractivity contribution >= 4 is 34.5 Å². The molecule has 0 saturated carbocycles. The predicted octanol–water partition coefficient (Wildman–Crippen LogP) is 5.44. The molecule has 1 heterocycles. The quantitative estimate of drug-likeness (QED) is 0.431. The Morgan fingerprint density at radius 1 is 1.00 bits per heavy atom. The summed E-state index contributed by atoms with van der Waals surface area (Å²) in [5.74, 6) is 0.977. The smallest absolute Gasteiger partial charge is 0.145 e. The van der Waals surface area contributed by atoms with Gasteiger partial charge in [0.1, 0.15) is 17.3 Å². The molecule has 21 heavy (non-hydrogen) atoms. The Kier molecular flexibility index (Phi) is 4.15. The molecule has 0 radical (unpaired) electrons. The molecule has 2 nitrogen and oxygen atoms in total. The van der Waals surface area contributed by atoms with Gasteiger partial charge in [0.05, 0.1) is 11.9 Å². The van der Waals surface area contributed by atoms with Gasteiger partial charge in [0.2, 0.25) is 0 Å². The molecule has 0 spiro atoms. The van der Waals surface area contributed by atoms with Crippen molar-refractivity contribution in [3.05, 3.63) is 75.8 Å². The average molecular weight is 391 g/mol. The third-order valence-electron chi connectivity index (χ3n) is 2.92. The fraction of sp³-hybridized carbons (Fsp3) is 0. The molecule has 0 unspecified atom stereocenters. The maximum atomic E-state index is 13.2. The second-order valence-electron chi connectivity index (χ2n) is 4.42. The minimum Gasteiger partial charge on any atom is -0.455 e. The van der Waals surface area contributed by atoms with Gasteiger partial charge in [-0.3, -0.25) is 4.99 Å². The van der Waals surface area contributed by atoms with Gasteiger partial charge in [-0.25, -0.2) is 4.39 Å². The maximum Gasteiger partial charge on any atom is 0.145 e. The van der Waals surface area contributed by atoms with Crippen LogP contribution in [0.3, 0.4) is 0 Å². The fourth-order valence-electron chi connectivity index (χ4n) is 1.91. The summed E-state index contributed by atoms with van der Waals surface area (Å²) >= 11 is 2.24. The molecule has 0 saturated heterocycles. The third-order valence-corrected chi connectivity index (χ3v) is 3.83. The Balaban J connectivity index is 1.84. The van der Waals surface area contributed by atoms with E-state index >= 15 is 0 Å². The van der Waals surface area contributed by atoms with Gasteiger partial charge in [0.25, 0.3) is 0 Å². The van der Waals surface area contributed by atoms with Gasteiger partial charge in [-0.1, -0.05) is 24.3 Å². The molecule has 0 fully saturated rings. The van der Waals surface area contributed by atoms with E-state index in [1.165, 1.54) is 12.1 Å². The number of benzene rings is 2. The van der Waals surface area contributed by atoms with E-state index in [2.05, 4.69) is 27.6 Å². The van der Waals surface area contributed by atoms with Crippen molar-refractivity contribution in [2.75, 3.05) is 0 Å². The maximum absolute atomic E-state index is 13.2. The number of nitrogens with zero attached hydrogens (tertiary/aromatic N) is 1. The number of furan rings is 1. The fourth-order valence-corrected chi connectivity index (χ4v) is 2.44. The van der Waals surface area contributed by atoms with E-state index in [0.29, 0.717) is 17.1 Å². The molecule has 0 bridgehead atoms. The number of halogens is 2. The van der Waals surface area contributed by atoms with Crippen LogP contribution < -0.4 is 0 Å². The zero-order valence-electron chi connectivity index (χ0n) is 11.0. The highest BCUT2D eigenvalue weighted by molar-refractivity contribution is 14.1. The molecular formula is C17H11FINO. The summed E-state index contributed by atoms with van der Waals surface area (Å²) in [5.41, 5.74) is 1.60. The van der Waals surface area contributed by atoms with Gasteiger partial charge in [0, 0.05) is 9.13 Å². The van der Waals surface area contributed by atoms with Gasteiger partial charge < -0.3 is 4.42 Å². The molecule has 2 aromatic carbocycles. The van der Waals surface area contributed by atoms with Crippen LogP contribution in [0, 0.1) is 9.39 Å². The molecule has 3 rings (SSSR count). The molecule has 4 heteroatoms. The molecule has 104 valence electrons. The van der Waals surface area contributed by atoms with Crippen molar-refractivity contribution < 1.29 is 8.81 Å². The van der Waals surface area contributed by atoms with E-state index in [1.54, 1.807) is 12.3 Å². The first-order valence-corrected chi connectivity index (χ1v) is 7.44. The lowest BCUT2D eigenvalue weighted by molar-refractivity contribution is 0.573. The van der Waals surface area contributed by atoms with Crippen LogP contribution in [0.5, 0.6) is 0 Å². The van der Waals surface area contributed by atoms with Gasteiger partial charge in [-0.15, -0.1) is 0 Å². The first kappa shape index (κ1) is 14.0. The summed E-state index contributed by atoms with van der Waals surface area (Å²) in [6, 6.07) is 17.8. The Morgan fingerprint density at radius 3 is 2.67 bits per heavy atom. The minimum atomic E-state index is -0.280. The summed E-state index contributed by atoms with van der Waals surface area (Å²) in [4.78, 5) is 4.40. The molecule has 0 amide bonds. The average Bonchev–Trinajstić information content (AvgIpc) is 2.95. The highest BCUT2D eigenvalue weighted by atomic mass is 127. The normalized spacial score (nSPS) is 11.1. The number of para-hydroxylation sites is 1. The Bertz CT molecular complexity index is 795. The van der Waals surface area contributed by atoms with E-state index in [9.17, 15) is 4.39 Å². The van der Waals surface area contributed by atoms with Gasteiger partial charge in [-0.05, 0) is 59.0 Å². The van der Waals surface area contributed by atoms with Crippen LogP contribution in [0.25, 0.3) is 11.3 Å². The number of rotatable bonds is 3. The summed E-state index contributed by atoms with van der Waals surface area (Å²) in [6.45, 7) is 0. The zero-order chi connectivity index (χ0) is 14.7. The van der Waals surface area contributed by atoms with Gasteiger partial charge in [0.15, 0.2) is 0 Å².